The highest BCUT2D eigenvalue weighted by atomic mass is 32.2. The third kappa shape index (κ3) is 12.2. The van der Waals surface area contributed by atoms with E-state index < -0.39 is 23.1 Å². The van der Waals surface area contributed by atoms with Gasteiger partial charge in [0.1, 0.15) is 29.1 Å². The minimum atomic E-state index is -1.59. The van der Waals surface area contributed by atoms with Crippen molar-refractivity contribution in [3.8, 4) is 23.0 Å². The number of aryl methyl sites for hydroxylation is 1. The molecule has 1 heterocycles. The molecule has 0 aromatic heterocycles. The number of aromatic hydroxyl groups is 1. The molecule has 0 spiro atoms. The van der Waals surface area contributed by atoms with E-state index in [2.05, 4.69) is 38.3 Å². The summed E-state index contributed by atoms with van der Waals surface area (Å²) < 4.78 is 33.3. The fourth-order valence-corrected chi connectivity index (χ4v) is 6.20. The largest absolute Gasteiger partial charge is 0.508 e. The van der Waals surface area contributed by atoms with Gasteiger partial charge in [-0.3, -0.25) is 14.5 Å². The zero-order valence-electron chi connectivity index (χ0n) is 29.5. The zero-order valence-corrected chi connectivity index (χ0v) is 31.1. The molecule has 0 aliphatic carbocycles. The zero-order chi connectivity index (χ0) is 36.5. The predicted octanol–water partition coefficient (Wildman–Crippen LogP) is 7.65. The molecular formula is C39H47NO8S2. The van der Waals surface area contributed by atoms with Crippen molar-refractivity contribution in [2.45, 2.75) is 55.9 Å². The number of hydrogen-bond acceptors (Lipinski definition) is 9. The SMILES string of the molecule is CCCCOc1ccc(C)cc1SC.CCOC1C(=O)N(C)C(=O)C1Cc1ccccc1.COc1ccc(S(=O)Oc2ccc(O)cc2)cc1. The Balaban J connectivity index is 0.000000205. The summed E-state index contributed by atoms with van der Waals surface area (Å²) in [5.74, 6) is 1.51. The number of phenolic OH excluding ortho intramolecular Hbond substituents is 1. The molecule has 5 rings (SSSR count). The van der Waals surface area contributed by atoms with E-state index in [0.29, 0.717) is 29.4 Å². The van der Waals surface area contributed by atoms with Crippen LogP contribution in [0, 0.1) is 12.8 Å². The summed E-state index contributed by atoms with van der Waals surface area (Å²) in [6.45, 7) is 7.37. The van der Waals surface area contributed by atoms with Crippen LogP contribution < -0.4 is 13.7 Å². The van der Waals surface area contributed by atoms with Gasteiger partial charge in [0.15, 0.2) is 0 Å². The molecule has 4 aromatic rings. The Morgan fingerprint density at radius 3 is 2.14 bits per heavy atom. The van der Waals surface area contributed by atoms with Crippen LogP contribution >= 0.6 is 11.8 Å². The van der Waals surface area contributed by atoms with Crippen LogP contribution in [-0.4, -0.2) is 65.8 Å². The number of thioether (sulfide) groups is 1. The smallest absolute Gasteiger partial charge is 0.258 e. The number of hydrogen-bond donors (Lipinski definition) is 1. The Kier molecular flexibility index (Phi) is 16.9. The highest BCUT2D eigenvalue weighted by molar-refractivity contribution is 7.98. The average molecular weight is 722 g/mol. The van der Waals surface area contributed by atoms with Crippen molar-refractivity contribution >= 4 is 34.7 Å². The van der Waals surface area contributed by atoms with Crippen LogP contribution in [0.15, 0.2) is 107 Å². The molecular weight excluding hydrogens is 675 g/mol. The Morgan fingerprint density at radius 1 is 0.880 bits per heavy atom. The molecule has 50 heavy (non-hydrogen) atoms. The topological polar surface area (TPSA) is 112 Å². The van der Waals surface area contributed by atoms with Gasteiger partial charge in [0, 0.05) is 18.6 Å². The van der Waals surface area contributed by atoms with Crippen LogP contribution in [0.5, 0.6) is 23.0 Å². The third-order valence-corrected chi connectivity index (χ3v) is 9.33. The van der Waals surface area contributed by atoms with Gasteiger partial charge in [-0.05, 0) is 105 Å². The van der Waals surface area contributed by atoms with Gasteiger partial charge in [0.2, 0.25) is 17.0 Å². The van der Waals surface area contributed by atoms with E-state index >= 15 is 0 Å². The van der Waals surface area contributed by atoms with Gasteiger partial charge >= 0.3 is 0 Å². The molecule has 3 unspecified atom stereocenters. The maximum absolute atomic E-state index is 12.0. The van der Waals surface area contributed by atoms with Gasteiger partial charge < -0.3 is 23.5 Å². The number of likely N-dealkylation sites (N-methyl/N-ethyl adjacent to an activating group) is 1. The van der Waals surface area contributed by atoms with Crippen LogP contribution in [0.2, 0.25) is 0 Å². The first-order chi connectivity index (χ1) is 24.1. The number of unbranched alkanes of at least 4 members (excludes halogenated alkanes) is 1. The molecule has 3 atom stereocenters. The summed E-state index contributed by atoms with van der Waals surface area (Å²) in [4.78, 5) is 26.9. The fraction of sp³-hybridized carbons (Fsp3) is 0.333. The van der Waals surface area contributed by atoms with Crippen LogP contribution in [-0.2, 0) is 31.8 Å². The van der Waals surface area contributed by atoms with Crippen LogP contribution in [0.4, 0.5) is 0 Å². The molecule has 0 bridgehead atoms. The van der Waals surface area contributed by atoms with Gasteiger partial charge in [0.05, 0.1) is 24.5 Å². The second-order valence-electron chi connectivity index (χ2n) is 11.3. The van der Waals surface area contributed by atoms with Gasteiger partial charge in [0.25, 0.3) is 5.91 Å². The first kappa shape index (κ1) is 40.1. The van der Waals surface area contributed by atoms with E-state index in [1.165, 1.54) is 41.0 Å². The Morgan fingerprint density at radius 2 is 1.54 bits per heavy atom. The summed E-state index contributed by atoms with van der Waals surface area (Å²) in [7, 11) is 3.08. The number of benzene rings is 4. The number of nitrogens with zero attached hydrogens (tertiary/aromatic N) is 1. The van der Waals surface area contributed by atoms with E-state index in [4.69, 9.17) is 23.5 Å². The Bertz CT molecular complexity index is 1650. The summed E-state index contributed by atoms with van der Waals surface area (Å²) in [5, 5.41) is 9.12. The van der Waals surface area contributed by atoms with Crippen molar-refractivity contribution in [2.75, 3.05) is 33.6 Å². The van der Waals surface area contributed by atoms with Gasteiger partial charge in [-0.15, -0.1) is 11.8 Å². The summed E-state index contributed by atoms with van der Waals surface area (Å²) >= 11 is 0.154. The predicted molar refractivity (Wildman–Crippen MR) is 198 cm³/mol. The lowest BCUT2D eigenvalue weighted by atomic mass is 9.96. The molecule has 11 heteroatoms. The molecule has 4 aromatic carbocycles. The molecule has 1 fully saturated rings. The quantitative estimate of drug-likeness (QED) is 0.0846. The third-order valence-electron chi connectivity index (χ3n) is 7.57. The highest BCUT2D eigenvalue weighted by Gasteiger charge is 2.46. The molecule has 9 nitrogen and oxygen atoms in total. The molecule has 1 aliphatic heterocycles. The van der Waals surface area contributed by atoms with Crippen molar-refractivity contribution in [2.24, 2.45) is 5.92 Å². The number of likely N-dealkylation sites (tertiary alicyclic amines) is 1. The first-order valence-electron chi connectivity index (χ1n) is 16.4. The number of methoxy groups -OCH3 is 1. The number of phenols is 1. The van der Waals surface area contributed by atoms with Crippen molar-refractivity contribution in [1.29, 1.82) is 0 Å². The molecule has 1 saturated heterocycles. The number of ether oxygens (including phenoxy) is 3. The molecule has 0 radical (unpaired) electrons. The van der Waals surface area contributed by atoms with E-state index in [-0.39, 0.29) is 17.6 Å². The molecule has 1 aliphatic rings. The number of imide groups is 1. The lowest BCUT2D eigenvalue weighted by Crippen LogP contribution is -2.30. The maximum atomic E-state index is 12.0. The van der Waals surface area contributed by atoms with Crippen molar-refractivity contribution in [1.82, 2.24) is 4.90 Å². The number of amides is 2. The molecule has 1 N–H and O–H groups in total. The lowest BCUT2D eigenvalue weighted by molar-refractivity contribution is -0.140. The van der Waals surface area contributed by atoms with E-state index in [1.807, 2.05) is 37.3 Å². The van der Waals surface area contributed by atoms with Gasteiger partial charge in [-0.1, -0.05) is 49.7 Å². The van der Waals surface area contributed by atoms with E-state index in [1.54, 1.807) is 55.3 Å². The first-order valence-corrected chi connectivity index (χ1v) is 18.7. The minimum absolute atomic E-state index is 0.137. The fourth-order valence-electron chi connectivity index (χ4n) is 4.82. The minimum Gasteiger partial charge on any atom is -0.508 e. The monoisotopic (exact) mass is 721 g/mol. The highest BCUT2D eigenvalue weighted by Crippen LogP contribution is 2.29. The molecule has 2 amide bonds. The van der Waals surface area contributed by atoms with Crippen LogP contribution in [0.1, 0.15) is 37.8 Å². The number of carbonyl (C=O) groups is 2. The van der Waals surface area contributed by atoms with E-state index in [9.17, 15) is 13.8 Å². The normalized spacial score (nSPS) is 15.7. The summed E-state index contributed by atoms with van der Waals surface area (Å²) in [6, 6.07) is 28.9. The van der Waals surface area contributed by atoms with Crippen LogP contribution in [0.3, 0.4) is 0 Å². The second-order valence-corrected chi connectivity index (χ2v) is 13.2. The van der Waals surface area contributed by atoms with Gasteiger partial charge in [-0.2, -0.15) is 0 Å². The standard InChI is InChI=1S/C14H17NO3.C13H12O4S.C12H18OS/c1-3-18-12-11(13(16)15(2)14(12)17)9-10-7-5-4-6-8-10;1-16-11-6-8-13(9-7-11)18(15)17-12-4-2-10(14)3-5-12;1-4-5-8-13-11-7-6-10(2)9-12(11)14-3/h4-8,11-12H,3,9H2,1-2H3;2-9,14H,1H3;6-7,9H,4-5,8H2,1-3H3. The van der Waals surface area contributed by atoms with E-state index in [0.717, 1.165) is 24.3 Å². The number of rotatable bonds is 13. The lowest BCUT2D eigenvalue weighted by Gasteiger charge is -2.14. The molecule has 268 valence electrons. The van der Waals surface area contributed by atoms with Crippen molar-refractivity contribution in [3.63, 3.8) is 0 Å². The maximum Gasteiger partial charge on any atom is 0.258 e. The summed E-state index contributed by atoms with van der Waals surface area (Å²) in [5.41, 5.74) is 2.33. The Labute approximate surface area is 302 Å². The Hall–Kier alpha value is -4.32. The second kappa shape index (κ2) is 21.0. The number of carbonyl (C=O) groups excluding carboxylic acids is 2. The van der Waals surface area contributed by atoms with Gasteiger partial charge in [-0.25, -0.2) is 4.21 Å². The van der Waals surface area contributed by atoms with Crippen molar-refractivity contribution in [3.05, 3.63) is 108 Å². The van der Waals surface area contributed by atoms with Crippen LogP contribution in [0.25, 0.3) is 0 Å². The average Bonchev–Trinajstić information content (AvgIpc) is 3.33. The summed E-state index contributed by atoms with van der Waals surface area (Å²) in [6.07, 6.45) is 4.30. The molecule has 0 saturated carbocycles. The van der Waals surface area contributed by atoms with Crippen molar-refractivity contribution < 1.29 is 37.3 Å².